The number of fused-ring (bicyclic) bond motifs is 1. The summed E-state index contributed by atoms with van der Waals surface area (Å²) in [5.74, 6) is 1.78. The average molecular weight is 258 g/mol. The predicted octanol–water partition coefficient (Wildman–Crippen LogP) is 2.46. The Morgan fingerprint density at radius 1 is 1.47 bits per heavy atom. The molecule has 19 heavy (non-hydrogen) atoms. The average Bonchev–Trinajstić information content (AvgIpc) is 3.03. The first kappa shape index (κ1) is 12.2. The Bertz CT molecular complexity index is 577. The molecule has 4 heteroatoms. The van der Waals surface area contributed by atoms with Crippen molar-refractivity contribution in [3.05, 3.63) is 47.5 Å². The molecule has 1 aliphatic carbocycles. The molecule has 100 valence electrons. The molecule has 0 amide bonds. The van der Waals surface area contributed by atoms with Crippen LogP contribution in [0, 0.1) is 0 Å². The van der Waals surface area contributed by atoms with Crippen molar-refractivity contribution in [3.63, 3.8) is 0 Å². The van der Waals surface area contributed by atoms with Gasteiger partial charge in [0.2, 0.25) is 0 Å². The van der Waals surface area contributed by atoms with Crippen LogP contribution < -0.4 is 4.74 Å². The van der Waals surface area contributed by atoms with Crippen LogP contribution in [0.25, 0.3) is 0 Å². The van der Waals surface area contributed by atoms with Crippen molar-refractivity contribution in [1.29, 1.82) is 0 Å². The highest BCUT2D eigenvalue weighted by atomic mass is 16.5. The summed E-state index contributed by atoms with van der Waals surface area (Å²) >= 11 is 0. The summed E-state index contributed by atoms with van der Waals surface area (Å²) in [7, 11) is 0. The number of nitrogens with zero attached hydrogens (tertiary/aromatic N) is 2. The van der Waals surface area contributed by atoms with Crippen LogP contribution in [-0.2, 0) is 19.6 Å². The van der Waals surface area contributed by atoms with Crippen LogP contribution in [0.2, 0.25) is 0 Å². The van der Waals surface area contributed by atoms with Gasteiger partial charge in [-0.25, -0.2) is 4.98 Å². The fraction of sp³-hybridized carbons (Fsp3) is 0.400. The monoisotopic (exact) mass is 258 g/mol. The van der Waals surface area contributed by atoms with E-state index in [4.69, 9.17) is 4.74 Å². The van der Waals surface area contributed by atoms with Crippen LogP contribution in [0.3, 0.4) is 0 Å². The van der Waals surface area contributed by atoms with Crippen LogP contribution in [0.15, 0.2) is 30.6 Å². The number of rotatable bonds is 4. The summed E-state index contributed by atoms with van der Waals surface area (Å²) in [5.41, 5.74) is 2.24. The van der Waals surface area contributed by atoms with E-state index in [1.54, 1.807) is 6.20 Å². The summed E-state index contributed by atoms with van der Waals surface area (Å²) in [4.78, 5) is 4.28. The molecule has 3 rings (SSSR count). The van der Waals surface area contributed by atoms with Gasteiger partial charge in [-0.15, -0.1) is 0 Å². The van der Waals surface area contributed by atoms with Gasteiger partial charge in [-0.3, -0.25) is 0 Å². The standard InChI is InChI=1S/C15H18N2O2/c1-2-17-8-7-16-15(17)10-19-12-4-5-13-11(9-12)3-6-14(13)18/h4-5,7-9,14,18H,2-3,6,10H2,1H3/t14-/m0/s1. The van der Waals surface area contributed by atoms with Gasteiger partial charge in [0, 0.05) is 18.9 Å². The van der Waals surface area contributed by atoms with E-state index in [2.05, 4.69) is 16.5 Å². The smallest absolute Gasteiger partial charge is 0.146 e. The van der Waals surface area contributed by atoms with E-state index >= 15 is 0 Å². The maximum Gasteiger partial charge on any atom is 0.146 e. The number of hydrogen-bond acceptors (Lipinski definition) is 3. The minimum Gasteiger partial charge on any atom is -0.486 e. The zero-order valence-electron chi connectivity index (χ0n) is 11.0. The molecular weight excluding hydrogens is 240 g/mol. The lowest BCUT2D eigenvalue weighted by Crippen LogP contribution is -2.05. The molecule has 0 aliphatic heterocycles. The van der Waals surface area contributed by atoms with Gasteiger partial charge in [0.05, 0.1) is 6.10 Å². The molecule has 1 aromatic heterocycles. The minimum atomic E-state index is -0.303. The maximum absolute atomic E-state index is 9.77. The molecular formula is C15H18N2O2. The predicted molar refractivity (Wildman–Crippen MR) is 72.0 cm³/mol. The SMILES string of the molecule is CCn1ccnc1COc1ccc2c(c1)CC[C@@H]2O. The topological polar surface area (TPSA) is 47.3 Å². The van der Waals surface area contributed by atoms with Crippen LogP contribution in [0.4, 0.5) is 0 Å². The van der Waals surface area contributed by atoms with E-state index in [0.29, 0.717) is 6.61 Å². The van der Waals surface area contributed by atoms with Crippen molar-refractivity contribution in [2.24, 2.45) is 0 Å². The summed E-state index contributed by atoms with van der Waals surface area (Å²) in [6.45, 7) is 3.46. The molecule has 0 bridgehead atoms. The molecule has 0 spiro atoms. The third kappa shape index (κ3) is 2.36. The number of aliphatic hydroxyl groups is 1. The highest BCUT2D eigenvalue weighted by Crippen LogP contribution is 2.33. The lowest BCUT2D eigenvalue weighted by molar-refractivity contribution is 0.180. The number of aryl methyl sites for hydroxylation is 2. The summed E-state index contributed by atoms with van der Waals surface area (Å²) in [6.07, 6.45) is 5.19. The third-order valence-electron chi connectivity index (χ3n) is 3.67. The number of hydrogen-bond donors (Lipinski definition) is 1. The first-order valence-electron chi connectivity index (χ1n) is 6.71. The second-order valence-corrected chi connectivity index (χ2v) is 4.83. The molecule has 1 atom stereocenters. The second-order valence-electron chi connectivity index (χ2n) is 4.83. The normalized spacial score (nSPS) is 17.5. The molecule has 0 saturated heterocycles. The number of imidazole rings is 1. The summed E-state index contributed by atoms with van der Waals surface area (Å²) in [5, 5.41) is 9.77. The van der Waals surface area contributed by atoms with Crippen molar-refractivity contribution >= 4 is 0 Å². The van der Waals surface area contributed by atoms with Gasteiger partial charge in [-0.05, 0) is 43.0 Å². The lowest BCUT2D eigenvalue weighted by atomic mass is 10.1. The fourth-order valence-corrected chi connectivity index (χ4v) is 2.58. The number of ether oxygens (including phenoxy) is 1. The maximum atomic E-state index is 9.77. The second kappa shape index (κ2) is 5.05. The van der Waals surface area contributed by atoms with Crippen molar-refractivity contribution in [2.75, 3.05) is 0 Å². The molecule has 1 aromatic carbocycles. The minimum absolute atomic E-state index is 0.303. The van der Waals surface area contributed by atoms with E-state index in [1.165, 1.54) is 5.56 Å². The number of benzene rings is 1. The van der Waals surface area contributed by atoms with Gasteiger partial charge < -0.3 is 14.4 Å². The molecule has 1 aliphatic rings. The molecule has 1 heterocycles. The Hall–Kier alpha value is -1.81. The van der Waals surface area contributed by atoms with Crippen molar-refractivity contribution in [3.8, 4) is 5.75 Å². The molecule has 0 radical (unpaired) electrons. The van der Waals surface area contributed by atoms with Crippen molar-refractivity contribution in [2.45, 2.75) is 39.0 Å². The Morgan fingerprint density at radius 2 is 2.37 bits per heavy atom. The van der Waals surface area contributed by atoms with E-state index in [1.807, 2.05) is 24.4 Å². The highest BCUT2D eigenvalue weighted by molar-refractivity contribution is 5.39. The molecule has 4 nitrogen and oxygen atoms in total. The zero-order chi connectivity index (χ0) is 13.2. The van der Waals surface area contributed by atoms with Gasteiger partial charge in [-0.2, -0.15) is 0 Å². The quantitative estimate of drug-likeness (QED) is 0.916. The van der Waals surface area contributed by atoms with Crippen LogP contribution in [-0.4, -0.2) is 14.7 Å². The van der Waals surface area contributed by atoms with Gasteiger partial charge >= 0.3 is 0 Å². The molecule has 0 unspecified atom stereocenters. The fourth-order valence-electron chi connectivity index (χ4n) is 2.58. The lowest BCUT2D eigenvalue weighted by Gasteiger charge is -2.09. The molecule has 0 fully saturated rings. The largest absolute Gasteiger partial charge is 0.486 e. The van der Waals surface area contributed by atoms with Crippen molar-refractivity contribution in [1.82, 2.24) is 9.55 Å². The van der Waals surface area contributed by atoms with E-state index in [9.17, 15) is 5.11 Å². The van der Waals surface area contributed by atoms with Crippen molar-refractivity contribution < 1.29 is 9.84 Å². The molecule has 1 N–H and O–H groups in total. The van der Waals surface area contributed by atoms with Gasteiger partial charge in [0.1, 0.15) is 18.2 Å². The summed E-state index contributed by atoms with van der Waals surface area (Å²) < 4.78 is 7.86. The Kier molecular flexibility index (Phi) is 3.25. The molecule has 0 saturated carbocycles. The van der Waals surface area contributed by atoms with E-state index in [-0.39, 0.29) is 6.10 Å². The Balaban J connectivity index is 1.71. The highest BCUT2D eigenvalue weighted by Gasteiger charge is 2.20. The van der Waals surface area contributed by atoms with Crippen LogP contribution in [0.5, 0.6) is 5.75 Å². The first-order chi connectivity index (χ1) is 9.28. The van der Waals surface area contributed by atoms with Crippen LogP contribution >= 0.6 is 0 Å². The zero-order valence-corrected chi connectivity index (χ0v) is 11.0. The van der Waals surface area contributed by atoms with Crippen LogP contribution in [0.1, 0.15) is 36.4 Å². The number of aromatic nitrogens is 2. The Labute approximate surface area is 112 Å². The van der Waals surface area contributed by atoms with Gasteiger partial charge in [0.25, 0.3) is 0 Å². The summed E-state index contributed by atoms with van der Waals surface area (Å²) in [6, 6.07) is 5.92. The van der Waals surface area contributed by atoms with E-state index < -0.39 is 0 Å². The van der Waals surface area contributed by atoms with Gasteiger partial charge in [-0.1, -0.05) is 6.07 Å². The molecule has 2 aromatic rings. The van der Waals surface area contributed by atoms with E-state index in [0.717, 1.165) is 36.5 Å². The third-order valence-corrected chi connectivity index (χ3v) is 3.67. The van der Waals surface area contributed by atoms with Gasteiger partial charge in [0.15, 0.2) is 0 Å². The number of aliphatic hydroxyl groups excluding tert-OH is 1. The first-order valence-corrected chi connectivity index (χ1v) is 6.71. The Morgan fingerprint density at radius 3 is 3.21 bits per heavy atom.